The molecule has 2 N–H and O–H groups in total. The van der Waals surface area contributed by atoms with E-state index in [4.69, 9.17) is 9.47 Å². The molecule has 0 amide bonds. The highest BCUT2D eigenvalue weighted by molar-refractivity contribution is 5.99. The number of carboxylic acids is 1. The number of halogens is 3. The zero-order valence-corrected chi connectivity index (χ0v) is 19.1. The molecule has 0 saturated heterocycles. The van der Waals surface area contributed by atoms with Crippen molar-refractivity contribution < 1.29 is 42.1 Å². The maximum Gasteiger partial charge on any atom is 0.416 e. The molecule has 1 aliphatic heterocycles. The molecule has 33 heavy (non-hydrogen) atoms. The average Bonchev–Trinajstić information content (AvgIpc) is 2.65. The number of esters is 2. The van der Waals surface area contributed by atoms with Crippen LogP contribution in [0.2, 0.25) is 0 Å². The third kappa shape index (κ3) is 5.74. The largest absolute Gasteiger partial charge is 0.478 e. The van der Waals surface area contributed by atoms with E-state index in [0.29, 0.717) is 0 Å². The molecular formula is C23H26F3NO6. The molecule has 0 saturated carbocycles. The van der Waals surface area contributed by atoms with Crippen LogP contribution in [0.25, 0.3) is 0 Å². The van der Waals surface area contributed by atoms with Crippen molar-refractivity contribution in [3.05, 3.63) is 57.9 Å². The first kappa shape index (κ1) is 26.0. The van der Waals surface area contributed by atoms with Gasteiger partial charge in [-0.2, -0.15) is 13.2 Å². The van der Waals surface area contributed by atoms with Crippen LogP contribution in [0.3, 0.4) is 0 Å². The second-order valence-electron chi connectivity index (χ2n) is 8.65. The number of rotatable bonds is 5. The fourth-order valence-electron chi connectivity index (χ4n) is 3.43. The number of benzene rings is 1. The van der Waals surface area contributed by atoms with Crippen molar-refractivity contribution in [2.45, 2.75) is 59.9 Å². The molecule has 0 aliphatic carbocycles. The van der Waals surface area contributed by atoms with Gasteiger partial charge in [-0.15, -0.1) is 0 Å². The molecule has 1 aliphatic rings. The van der Waals surface area contributed by atoms with Crippen molar-refractivity contribution >= 4 is 17.9 Å². The fraction of sp³-hybridized carbons (Fsp3) is 0.435. The van der Waals surface area contributed by atoms with Gasteiger partial charge in [0.25, 0.3) is 0 Å². The first-order chi connectivity index (χ1) is 15.1. The number of allylic oxidation sites excluding steroid dienone is 2. The highest BCUT2D eigenvalue weighted by Crippen LogP contribution is 2.44. The summed E-state index contributed by atoms with van der Waals surface area (Å²) < 4.78 is 51.5. The van der Waals surface area contributed by atoms with Gasteiger partial charge < -0.3 is 19.9 Å². The molecule has 2 atom stereocenters. The van der Waals surface area contributed by atoms with Crippen LogP contribution in [0.4, 0.5) is 13.2 Å². The zero-order chi connectivity index (χ0) is 25.3. The second-order valence-corrected chi connectivity index (χ2v) is 8.65. The Morgan fingerprint density at radius 1 is 1.00 bits per heavy atom. The van der Waals surface area contributed by atoms with Gasteiger partial charge >= 0.3 is 24.1 Å². The molecule has 0 spiro atoms. The van der Waals surface area contributed by atoms with Gasteiger partial charge in [-0.05, 0) is 46.2 Å². The van der Waals surface area contributed by atoms with Gasteiger partial charge in [0, 0.05) is 18.3 Å². The Morgan fingerprint density at radius 3 is 2.06 bits per heavy atom. The predicted molar refractivity (Wildman–Crippen MR) is 111 cm³/mol. The number of carbonyl (C=O) groups is 3. The summed E-state index contributed by atoms with van der Waals surface area (Å²) in [5.41, 5.74) is -2.91. The molecule has 1 heterocycles. The Bertz CT molecular complexity index is 1030. The molecule has 0 bridgehead atoms. The van der Waals surface area contributed by atoms with E-state index >= 15 is 0 Å². The molecule has 1 aromatic carbocycles. The van der Waals surface area contributed by atoms with E-state index in [-0.39, 0.29) is 17.0 Å². The number of nitrogens with one attached hydrogen (secondary N) is 1. The predicted octanol–water partition coefficient (Wildman–Crippen LogP) is 4.50. The van der Waals surface area contributed by atoms with E-state index in [2.05, 4.69) is 5.32 Å². The van der Waals surface area contributed by atoms with Crippen LogP contribution in [-0.2, 0) is 30.0 Å². The number of carboxylic acid groups (broad SMARTS) is 1. The lowest BCUT2D eigenvalue weighted by atomic mass is 9.78. The van der Waals surface area contributed by atoms with Gasteiger partial charge in [0.05, 0.1) is 28.0 Å². The third-order valence-corrected chi connectivity index (χ3v) is 4.95. The number of carbonyl (C=O) groups excluding carboxylic acids is 2. The van der Waals surface area contributed by atoms with Crippen LogP contribution in [0.5, 0.6) is 0 Å². The molecule has 7 nitrogen and oxygen atoms in total. The minimum absolute atomic E-state index is 0.0886. The van der Waals surface area contributed by atoms with Crippen molar-refractivity contribution in [2.24, 2.45) is 5.41 Å². The van der Waals surface area contributed by atoms with Crippen LogP contribution in [0.15, 0.2) is 46.8 Å². The first-order valence-corrected chi connectivity index (χ1v) is 10.1. The van der Waals surface area contributed by atoms with E-state index in [1.165, 1.54) is 32.9 Å². The molecule has 10 heteroatoms. The van der Waals surface area contributed by atoms with Crippen molar-refractivity contribution in [3.8, 4) is 0 Å². The van der Waals surface area contributed by atoms with Crippen LogP contribution in [0, 0.1) is 5.41 Å². The Labute approximate surface area is 189 Å². The SMILES string of the molecule is CC1=C(C(=O)O)C(c2ccccc2C(F)(F)F)C(C(=O)OC(C)OC(=O)C(C)(C)C)=C(C)N1. The molecule has 180 valence electrons. The van der Waals surface area contributed by atoms with Gasteiger partial charge in [-0.25, -0.2) is 9.59 Å². The lowest BCUT2D eigenvalue weighted by Crippen LogP contribution is -2.35. The quantitative estimate of drug-likeness (QED) is 0.484. The average molecular weight is 469 g/mol. The van der Waals surface area contributed by atoms with Crippen molar-refractivity contribution in [1.82, 2.24) is 5.32 Å². The number of dihydropyridines is 1. The van der Waals surface area contributed by atoms with Crippen molar-refractivity contribution in [3.63, 3.8) is 0 Å². The Balaban J connectivity index is 2.57. The highest BCUT2D eigenvalue weighted by Gasteiger charge is 2.43. The minimum atomic E-state index is -4.79. The minimum Gasteiger partial charge on any atom is -0.478 e. The van der Waals surface area contributed by atoms with E-state index in [9.17, 15) is 32.7 Å². The normalized spacial score (nSPS) is 17.9. The number of aliphatic carboxylic acids is 1. The van der Waals surface area contributed by atoms with Gasteiger partial charge in [0.1, 0.15) is 0 Å². The summed E-state index contributed by atoms with van der Waals surface area (Å²) in [5.74, 6) is -4.83. The molecule has 2 rings (SSSR count). The second kappa shape index (κ2) is 9.29. The first-order valence-electron chi connectivity index (χ1n) is 10.1. The molecule has 0 radical (unpaired) electrons. The zero-order valence-electron chi connectivity index (χ0n) is 19.1. The summed E-state index contributed by atoms with van der Waals surface area (Å²) in [4.78, 5) is 37.2. The van der Waals surface area contributed by atoms with Gasteiger partial charge in [0.15, 0.2) is 0 Å². The number of alkyl halides is 3. The fourth-order valence-corrected chi connectivity index (χ4v) is 3.43. The van der Waals surface area contributed by atoms with Gasteiger partial charge in [-0.1, -0.05) is 18.2 Å². The lowest BCUT2D eigenvalue weighted by Gasteiger charge is -2.31. The topological polar surface area (TPSA) is 102 Å². The summed E-state index contributed by atoms with van der Waals surface area (Å²) in [6.07, 6.45) is -6.15. The summed E-state index contributed by atoms with van der Waals surface area (Å²) in [7, 11) is 0. The number of ether oxygens (including phenoxy) is 2. The van der Waals surface area contributed by atoms with Crippen LogP contribution < -0.4 is 5.32 Å². The van der Waals surface area contributed by atoms with E-state index in [1.807, 2.05) is 0 Å². The highest BCUT2D eigenvalue weighted by atomic mass is 19.4. The monoisotopic (exact) mass is 469 g/mol. The molecule has 0 fully saturated rings. The van der Waals surface area contributed by atoms with Crippen LogP contribution in [-0.4, -0.2) is 29.3 Å². The Morgan fingerprint density at radius 2 is 1.55 bits per heavy atom. The van der Waals surface area contributed by atoms with Crippen molar-refractivity contribution in [2.75, 3.05) is 0 Å². The summed E-state index contributed by atoms with van der Waals surface area (Å²) >= 11 is 0. The maximum atomic E-state index is 13.8. The van der Waals surface area contributed by atoms with E-state index < -0.39 is 58.4 Å². The lowest BCUT2D eigenvalue weighted by molar-refractivity contribution is -0.188. The molecule has 0 aromatic heterocycles. The summed E-state index contributed by atoms with van der Waals surface area (Å²) in [6, 6.07) is 4.44. The summed E-state index contributed by atoms with van der Waals surface area (Å²) in [6.45, 7) is 8.89. The Hall–Kier alpha value is -3.30. The van der Waals surface area contributed by atoms with E-state index in [0.717, 1.165) is 12.1 Å². The molecule has 1 aromatic rings. The van der Waals surface area contributed by atoms with Gasteiger partial charge in [-0.3, -0.25) is 4.79 Å². The maximum absolute atomic E-state index is 13.8. The van der Waals surface area contributed by atoms with E-state index in [1.54, 1.807) is 20.8 Å². The summed E-state index contributed by atoms with van der Waals surface area (Å²) in [5, 5.41) is 12.5. The van der Waals surface area contributed by atoms with Crippen LogP contribution in [0.1, 0.15) is 58.6 Å². The molecule has 2 unspecified atom stereocenters. The third-order valence-electron chi connectivity index (χ3n) is 4.95. The Kier molecular flexibility index (Phi) is 7.30. The van der Waals surface area contributed by atoms with Crippen LogP contribution >= 0.6 is 0 Å². The smallest absolute Gasteiger partial charge is 0.416 e. The standard InChI is InChI=1S/C23H26F3NO6/c1-11-16(19(28)29)18(14-9-7-8-10-15(14)23(24,25)26)17(12(2)27-11)20(30)32-13(3)33-21(31)22(4,5)6/h7-10,13,18,27H,1-6H3,(H,28,29). The van der Waals surface area contributed by atoms with Crippen molar-refractivity contribution in [1.29, 1.82) is 0 Å². The molecular weight excluding hydrogens is 443 g/mol. The number of hydrogen-bond donors (Lipinski definition) is 2. The number of hydrogen-bond acceptors (Lipinski definition) is 6. The van der Waals surface area contributed by atoms with Gasteiger partial charge in [0.2, 0.25) is 6.29 Å².